The maximum atomic E-state index is 12.4. The van der Waals surface area contributed by atoms with Gasteiger partial charge in [0.15, 0.2) is 17.2 Å². The number of benzene rings is 3. The fourth-order valence-corrected chi connectivity index (χ4v) is 4.46. The Morgan fingerprint density at radius 3 is 2.55 bits per heavy atom. The summed E-state index contributed by atoms with van der Waals surface area (Å²) in [5, 5.41) is 0. The van der Waals surface area contributed by atoms with Crippen LogP contribution in [-0.2, 0) is 16.1 Å². The molecular weight excluding hydrogens is 644 g/mol. The number of hydrogen-bond donors (Lipinski definition) is 0. The third kappa shape index (κ3) is 5.94. The topological polar surface area (TPSA) is 57.1 Å². The van der Waals surface area contributed by atoms with Gasteiger partial charge in [-0.1, -0.05) is 29.8 Å². The predicted molar refractivity (Wildman–Crippen MR) is 146 cm³/mol. The molecule has 0 spiro atoms. The van der Waals surface area contributed by atoms with Crippen molar-refractivity contribution in [3.05, 3.63) is 95.8 Å². The number of nitrogens with zero attached hydrogens (tertiary/aromatic N) is 1. The zero-order valence-corrected chi connectivity index (χ0v) is 22.4. The smallest absolute Gasteiger partial charge is 0.363 e. The summed E-state index contributed by atoms with van der Waals surface area (Å²) < 4.78 is 19.3. The van der Waals surface area contributed by atoms with E-state index in [4.69, 9.17) is 14.2 Å². The number of carbonyl (C=O) groups is 1. The molecule has 0 saturated heterocycles. The van der Waals surface area contributed by atoms with Gasteiger partial charge in [-0.05, 0) is 113 Å². The van der Waals surface area contributed by atoms with E-state index < -0.39 is 5.97 Å². The zero-order chi connectivity index (χ0) is 23.4. The van der Waals surface area contributed by atoms with Crippen LogP contribution in [0.5, 0.6) is 11.5 Å². The molecule has 0 radical (unpaired) electrons. The van der Waals surface area contributed by atoms with E-state index in [9.17, 15) is 4.79 Å². The SMILES string of the molecule is CCOc1cc(/C=C2\N=C(c3ccc(I)cc3)OC2=O)cc(I)c1OCc1cccc(C)c1. The largest absolute Gasteiger partial charge is 0.490 e. The van der Waals surface area contributed by atoms with Crippen molar-refractivity contribution in [2.24, 2.45) is 4.99 Å². The van der Waals surface area contributed by atoms with Crippen LogP contribution in [0, 0.1) is 14.1 Å². The number of hydrogen-bond acceptors (Lipinski definition) is 5. The number of ether oxygens (including phenoxy) is 3. The van der Waals surface area contributed by atoms with E-state index >= 15 is 0 Å². The molecule has 1 aliphatic rings. The van der Waals surface area contributed by atoms with Crippen LogP contribution in [-0.4, -0.2) is 18.5 Å². The van der Waals surface area contributed by atoms with Gasteiger partial charge in [0.2, 0.25) is 5.90 Å². The molecule has 1 aliphatic heterocycles. The molecule has 0 amide bonds. The van der Waals surface area contributed by atoms with Gasteiger partial charge in [-0.15, -0.1) is 0 Å². The Labute approximate surface area is 220 Å². The minimum absolute atomic E-state index is 0.246. The first-order chi connectivity index (χ1) is 15.9. The van der Waals surface area contributed by atoms with Crippen molar-refractivity contribution in [1.29, 1.82) is 0 Å². The molecule has 0 N–H and O–H groups in total. The minimum atomic E-state index is -0.476. The number of halogens is 2. The van der Waals surface area contributed by atoms with Gasteiger partial charge in [-0.2, -0.15) is 0 Å². The van der Waals surface area contributed by atoms with E-state index in [1.807, 2.05) is 55.5 Å². The Hall–Kier alpha value is -2.40. The highest BCUT2D eigenvalue weighted by Crippen LogP contribution is 2.36. The second-order valence-electron chi connectivity index (χ2n) is 7.38. The molecule has 3 aromatic carbocycles. The zero-order valence-electron chi connectivity index (χ0n) is 18.1. The van der Waals surface area contributed by atoms with E-state index in [1.165, 1.54) is 5.56 Å². The number of rotatable bonds is 7. The molecule has 5 nitrogen and oxygen atoms in total. The van der Waals surface area contributed by atoms with Crippen molar-refractivity contribution < 1.29 is 19.0 Å². The molecule has 4 rings (SSSR count). The number of esters is 1. The summed E-state index contributed by atoms with van der Waals surface area (Å²) in [6, 6.07) is 19.7. The molecule has 168 valence electrons. The van der Waals surface area contributed by atoms with Gasteiger partial charge in [0, 0.05) is 9.13 Å². The van der Waals surface area contributed by atoms with E-state index in [-0.39, 0.29) is 5.70 Å². The Bertz CT molecular complexity index is 1250. The first kappa shape index (κ1) is 23.7. The summed E-state index contributed by atoms with van der Waals surface area (Å²) in [5.41, 5.74) is 4.06. The molecule has 7 heteroatoms. The van der Waals surface area contributed by atoms with Gasteiger partial charge < -0.3 is 14.2 Å². The average Bonchev–Trinajstić information content (AvgIpc) is 3.14. The van der Waals surface area contributed by atoms with Gasteiger partial charge in [0.05, 0.1) is 10.2 Å². The lowest BCUT2D eigenvalue weighted by Gasteiger charge is -2.15. The van der Waals surface area contributed by atoms with Gasteiger partial charge in [0.25, 0.3) is 0 Å². The number of aryl methyl sites for hydroxylation is 1. The van der Waals surface area contributed by atoms with Gasteiger partial charge in [-0.25, -0.2) is 9.79 Å². The van der Waals surface area contributed by atoms with Crippen molar-refractivity contribution in [2.45, 2.75) is 20.5 Å². The molecular formula is C26H21I2NO4. The lowest BCUT2D eigenvalue weighted by molar-refractivity contribution is -0.129. The Balaban J connectivity index is 1.61. The van der Waals surface area contributed by atoms with E-state index in [0.29, 0.717) is 30.6 Å². The first-order valence-electron chi connectivity index (χ1n) is 10.4. The second-order valence-corrected chi connectivity index (χ2v) is 9.79. The van der Waals surface area contributed by atoms with Crippen molar-refractivity contribution in [1.82, 2.24) is 0 Å². The van der Waals surface area contributed by atoms with Crippen LogP contribution in [0.3, 0.4) is 0 Å². The summed E-state index contributed by atoms with van der Waals surface area (Å²) in [6.07, 6.45) is 1.71. The van der Waals surface area contributed by atoms with Crippen LogP contribution in [0.25, 0.3) is 6.08 Å². The highest BCUT2D eigenvalue weighted by molar-refractivity contribution is 14.1. The van der Waals surface area contributed by atoms with E-state index in [0.717, 1.165) is 23.8 Å². The highest BCUT2D eigenvalue weighted by Gasteiger charge is 2.24. The Morgan fingerprint density at radius 1 is 1.03 bits per heavy atom. The average molecular weight is 665 g/mol. The van der Waals surface area contributed by atoms with E-state index in [1.54, 1.807) is 6.08 Å². The first-order valence-corrected chi connectivity index (χ1v) is 12.5. The maximum Gasteiger partial charge on any atom is 0.363 e. The van der Waals surface area contributed by atoms with Crippen LogP contribution in [0.4, 0.5) is 0 Å². The number of carbonyl (C=O) groups excluding carboxylic acids is 1. The molecule has 3 aromatic rings. The third-order valence-electron chi connectivity index (χ3n) is 4.81. The van der Waals surface area contributed by atoms with E-state index in [2.05, 4.69) is 69.2 Å². The molecule has 33 heavy (non-hydrogen) atoms. The Morgan fingerprint density at radius 2 is 1.82 bits per heavy atom. The van der Waals surface area contributed by atoms with Crippen molar-refractivity contribution in [2.75, 3.05) is 6.61 Å². The molecule has 0 saturated carbocycles. The molecule has 1 heterocycles. The van der Waals surface area contributed by atoms with Crippen LogP contribution in [0.1, 0.15) is 29.2 Å². The minimum Gasteiger partial charge on any atom is -0.490 e. The number of cyclic esters (lactones) is 1. The van der Waals surface area contributed by atoms with Gasteiger partial charge >= 0.3 is 5.97 Å². The Kier molecular flexibility index (Phi) is 7.69. The fraction of sp³-hybridized carbons (Fsp3) is 0.154. The van der Waals surface area contributed by atoms with Gasteiger partial charge in [0.1, 0.15) is 6.61 Å². The van der Waals surface area contributed by atoms with Crippen LogP contribution >= 0.6 is 45.2 Å². The normalized spacial score (nSPS) is 14.2. The molecule has 0 aromatic heterocycles. The molecule has 0 fully saturated rings. The maximum absolute atomic E-state index is 12.4. The van der Waals surface area contributed by atoms with Crippen LogP contribution in [0.2, 0.25) is 0 Å². The molecule has 0 atom stereocenters. The quantitative estimate of drug-likeness (QED) is 0.164. The summed E-state index contributed by atoms with van der Waals surface area (Å²) in [5.74, 6) is 1.13. The lowest BCUT2D eigenvalue weighted by Crippen LogP contribution is -2.05. The fourth-order valence-electron chi connectivity index (χ4n) is 3.31. The van der Waals surface area contributed by atoms with Gasteiger partial charge in [-0.3, -0.25) is 0 Å². The predicted octanol–water partition coefficient (Wildman–Crippen LogP) is 6.53. The second kappa shape index (κ2) is 10.7. The summed E-state index contributed by atoms with van der Waals surface area (Å²) in [7, 11) is 0. The summed E-state index contributed by atoms with van der Waals surface area (Å²) >= 11 is 4.45. The van der Waals surface area contributed by atoms with Crippen molar-refractivity contribution in [3.8, 4) is 11.5 Å². The summed E-state index contributed by atoms with van der Waals surface area (Å²) in [4.78, 5) is 16.8. The molecule has 0 unspecified atom stereocenters. The van der Waals surface area contributed by atoms with Crippen LogP contribution in [0.15, 0.2) is 71.4 Å². The molecule has 0 bridgehead atoms. The number of aliphatic imine (C=N–C) groups is 1. The lowest BCUT2D eigenvalue weighted by atomic mass is 10.1. The summed E-state index contributed by atoms with van der Waals surface area (Å²) in [6.45, 7) is 4.91. The third-order valence-corrected chi connectivity index (χ3v) is 6.33. The monoisotopic (exact) mass is 665 g/mol. The van der Waals surface area contributed by atoms with Crippen LogP contribution < -0.4 is 9.47 Å². The highest BCUT2D eigenvalue weighted by atomic mass is 127. The standard InChI is InChI=1S/C26H21I2NO4/c1-3-31-23-14-18(12-21(28)24(23)32-15-17-6-4-5-16(2)11-17)13-22-26(30)33-25(29-22)19-7-9-20(27)10-8-19/h4-14H,3,15H2,1-2H3/b22-13-. The van der Waals surface area contributed by atoms with Crippen molar-refractivity contribution in [3.63, 3.8) is 0 Å². The van der Waals surface area contributed by atoms with Crippen molar-refractivity contribution >= 4 is 63.1 Å². The molecule has 0 aliphatic carbocycles.